The molecule has 2 N–H and O–H groups in total. The topological polar surface area (TPSA) is 98.8 Å². The molecule has 8 nitrogen and oxygen atoms in total. The van der Waals surface area contributed by atoms with E-state index in [2.05, 4.69) is 10.6 Å². The van der Waals surface area contributed by atoms with E-state index in [4.69, 9.17) is 0 Å². The van der Waals surface area contributed by atoms with Crippen molar-refractivity contribution in [2.24, 2.45) is 0 Å². The van der Waals surface area contributed by atoms with Crippen LogP contribution in [0.4, 0.5) is 0 Å². The van der Waals surface area contributed by atoms with Crippen LogP contribution in [0.5, 0.6) is 0 Å². The van der Waals surface area contributed by atoms with Crippen LogP contribution in [0.2, 0.25) is 0 Å². The van der Waals surface area contributed by atoms with Crippen molar-refractivity contribution in [3.8, 4) is 0 Å². The molecule has 2 saturated heterocycles. The highest BCUT2D eigenvalue weighted by atomic mass is 16.2. The van der Waals surface area contributed by atoms with Gasteiger partial charge in [0.2, 0.25) is 0 Å². The summed E-state index contributed by atoms with van der Waals surface area (Å²) in [5.41, 5.74) is 0. The van der Waals surface area contributed by atoms with Gasteiger partial charge < -0.3 is 20.4 Å². The quantitative estimate of drug-likeness (QED) is 0.544. The maximum Gasteiger partial charge on any atom is 0.312 e. The van der Waals surface area contributed by atoms with E-state index >= 15 is 0 Å². The van der Waals surface area contributed by atoms with Crippen LogP contribution in [-0.2, 0) is 19.2 Å². The van der Waals surface area contributed by atoms with E-state index in [0.717, 1.165) is 0 Å². The molecule has 2 aliphatic heterocycles. The van der Waals surface area contributed by atoms with E-state index in [-0.39, 0.29) is 12.6 Å². The first-order chi connectivity index (χ1) is 9.00. The Labute approximate surface area is 110 Å². The number of carbonyl (C=O) groups is 4. The first-order valence-corrected chi connectivity index (χ1v) is 6.16. The summed E-state index contributed by atoms with van der Waals surface area (Å²) in [5.74, 6) is -2.43. The number of amides is 4. The Hall–Kier alpha value is -2.12. The van der Waals surface area contributed by atoms with Crippen LogP contribution in [0, 0.1) is 0 Å². The summed E-state index contributed by atoms with van der Waals surface area (Å²) in [6, 6.07) is -0.298. The fourth-order valence-electron chi connectivity index (χ4n) is 2.23. The van der Waals surface area contributed by atoms with Crippen molar-refractivity contribution in [1.29, 1.82) is 0 Å². The zero-order valence-electron chi connectivity index (χ0n) is 10.6. The first-order valence-electron chi connectivity index (χ1n) is 6.16. The van der Waals surface area contributed by atoms with Gasteiger partial charge in [-0.3, -0.25) is 19.2 Å². The molecule has 0 aromatic rings. The standard InChI is InChI=1S/C11H16N4O4/c1-7(15-5-3-13-9(17)11(15)19)6-14-4-2-12-8(16)10(14)18/h7H,2-6H2,1H3,(H,12,16)(H,13,17). The maximum atomic E-state index is 11.7. The van der Waals surface area contributed by atoms with Crippen LogP contribution in [0.25, 0.3) is 0 Å². The molecular formula is C11H16N4O4. The van der Waals surface area contributed by atoms with Crippen molar-refractivity contribution >= 4 is 23.6 Å². The van der Waals surface area contributed by atoms with Gasteiger partial charge in [0, 0.05) is 38.8 Å². The fraction of sp³-hybridized carbons (Fsp3) is 0.636. The van der Waals surface area contributed by atoms with Gasteiger partial charge in [-0.2, -0.15) is 0 Å². The van der Waals surface area contributed by atoms with Crippen molar-refractivity contribution in [2.75, 3.05) is 32.7 Å². The van der Waals surface area contributed by atoms with Crippen molar-refractivity contribution in [3.05, 3.63) is 0 Å². The normalized spacial score (nSPS) is 22.2. The summed E-state index contributed by atoms with van der Waals surface area (Å²) in [7, 11) is 0. The molecule has 0 aromatic carbocycles. The third kappa shape index (κ3) is 2.67. The summed E-state index contributed by atoms with van der Waals surface area (Å²) in [5, 5.41) is 4.92. The van der Waals surface area contributed by atoms with Gasteiger partial charge >= 0.3 is 23.6 Å². The average Bonchev–Trinajstić information content (AvgIpc) is 2.38. The molecule has 0 aliphatic carbocycles. The van der Waals surface area contributed by atoms with Crippen LogP contribution >= 0.6 is 0 Å². The second-order valence-corrected chi connectivity index (χ2v) is 4.61. The minimum Gasteiger partial charge on any atom is -0.346 e. The number of carbonyl (C=O) groups excluding carboxylic acids is 4. The number of hydrogen-bond donors (Lipinski definition) is 2. The van der Waals surface area contributed by atoms with Crippen LogP contribution in [-0.4, -0.2) is 72.2 Å². The molecule has 104 valence electrons. The highest BCUT2D eigenvalue weighted by molar-refractivity contribution is 6.36. The van der Waals surface area contributed by atoms with E-state index in [9.17, 15) is 19.2 Å². The molecule has 1 atom stereocenters. The smallest absolute Gasteiger partial charge is 0.312 e. The third-order valence-corrected chi connectivity index (χ3v) is 3.26. The van der Waals surface area contributed by atoms with Gasteiger partial charge in [-0.05, 0) is 6.92 Å². The van der Waals surface area contributed by atoms with Gasteiger partial charge in [0.1, 0.15) is 0 Å². The molecular weight excluding hydrogens is 252 g/mol. The SMILES string of the molecule is CC(CN1CCNC(=O)C1=O)N1CCNC(=O)C1=O. The predicted molar refractivity (Wildman–Crippen MR) is 63.8 cm³/mol. The molecule has 2 aliphatic rings. The second-order valence-electron chi connectivity index (χ2n) is 4.61. The molecule has 8 heteroatoms. The minimum atomic E-state index is -0.624. The molecule has 2 fully saturated rings. The summed E-state index contributed by atoms with van der Waals surface area (Å²) >= 11 is 0. The van der Waals surface area contributed by atoms with E-state index < -0.39 is 23.6 Å². The monoisotopic (exact) mass is 268 g/mol. The van der Waals surface area contributed by atoms with Gasteiger partial charge in [-0.25, -0.2) is 0 Å². The van der Waals surface area contributed by atoms with E-state index in [0.29, 0.717) is 26.2 Å². The summed E-state index contributed by atoms with van der Waals surface area (Å²) in [6.07, 6.45) is 0. The van der Waals surface area contributed by atoms with Gasteiger partial charge in [0.05, 0.1) is 0 Å². The number of hydrogen-bond acceptors (Lipinski definition) is 4. The summed E-state index contributed by atoms with van der Waals surface area (Å²) in [6.45, 7) is 3.67. The van der Waals surface area contributed by atoms with Gasteiger partial charge in [0.25, 0.3) is 0 Å². The van der Waals surface area contributed by atoms with Crippen LogP contribution in [0.3, 0.4) is 0 Å². The summed E-state index contributed by atoms with van der Waals surface area (Å²) in [4.78, 5) is 48.6. The van der Waals surface area contributed by atoms with Crippen LogP contribution in [0.15, 0.2) is 0 Å². The molecule has 2 rings (SSSR count). The van der Waals surface area contributed by atoms with Crippen molar-refractivity contribution in [2.45, 2.75) is 13.0 Å². The Bertz CT molecular complexity index is 436. The van der Waals surface area contributed by atoms with E-state index in [1.165, 1.54) is 9.80 Å². The highest BCUT2D eigenvalue weighted by Gasteiger charge is 2.33. The molecule has 0 radical (unpaired) electrons. The zero-order valence-corrected chi connectivity index (χ0v) is 10.6. The van der Waals surface area contributed by atoms with Gasteiger partial charge in [0.15, 0.2) is 0 Å². The first kappa shape index (κ1) is 13.3. The van der Waals surface area contributed by atoms with Crippen molar-refractivity contribution < 1.29 is 19.2 Å². The van der Waals surface area contributed by atoms with Crippen LogP contribution < -0.4 is 10.6 Å². The molecule has 0 bridgehead atoms. The molecule has 2 heterocycles. The number of nitrogens with zero attached hydrogens (tertiary/aromatic N) is 2. The summed E-state index contributed by atoms with van der Waals surface area (Å²) < 4.78 is 0. The lowest BCUT2D eigenvalue weighted by molar-refractivity contribution is -0.152. The Morgan fingerprint density at radius 1 is 1.00 bits per heavy atom. The minimum absolute atomic E-state index is 0.255. The number of piperazine rings is 2. The third-order valence-electron chi connectivity index (χ3n) is 3.26. The molecule has 0 aromatic heterocycles. The predicted octanol–water partition coefficient (Wildman–Crippen LogP) is -2.71. The lowest BCUT2D eigenvalue weighted by Crippen LogP contribution is -2.60. The highest BCUT2D eigenvalue weighted by Crippen LogP contribution is 2.07. The van der Waals surface area contributed by atoms with Crippen molar-refractivity contribution in [3.63, 3.8) is 0 Å². The zero-order chi connectivity index (χ0) is 14.0. The Kier molecular flexibility index (Phi) is 3.68. The average molecular weight is 268 g/mol. The second kappa shape index (κ2) is 5.25. The molecule has 0 saturated carbocycles. The van der Waals surface area contributed by atoms with Gasteiger partial charge in [-0.1, -0.05) is 0 Å². The van der Waals surface area contributed by atoms with Gasteiger partial charge in [-0.15, -0.1) is 0 Å². The van der Waals surface area contributed by atoms with E-state index in [1.807, 2.05) is 0 Å². The lowest BCUT2D eigenvalue weighted by Gasteiger charge is -2.36. The molecule has 1 unspecified atom stereocenters. The van der Waals surface area contributed by atoms with Crippen molar-refractivity contribution in [1.82, 2.24) is 20.4 Å². The van der Waals surface area contributed by atoms with Crippen LogP contribution in [0.1, 0.15) is 6.92 Å². The number of rotatable bonds is 3. The number of nitrogens with one attached hydrogen (secondary N) is 2. The lowest BCUT2D eigenvalue weighted by atomic mass is 10.2. The molecule has 4 amide bonds. The Morgan fingerprint density at radius 2 is 1.58 bits per heavy atom. The Balaban J connectivity index is 1.98. The molecule has 19 heavy (non-hydrogen) atoms. The maximum absolute atomic E-state index is 11.7. The molecule has 0 spiro atoms. The van der Waals surface area contributed by atoms with E-state index in [1.54, 1.807) is 6.92 Å². The largest absolute Gasteiger partial charge is 0.346 e. The fourth-order valence-corrected chi connectivity index (χ4v) is 2.23. The Morgan fingerprint density at radius 3 is 2.26 bits per heavy atom.